The number of rotatable bonds is 3. The lowest BCUT2D eigenvalue weighted by molar-refractivity contribution is 0.0722. The van der Waals surface area contributed by atoms with Gasteiger partial charge in [-0.3, -0.25) is 4.79 Å². The van der Waals surface area contributed by atoms with Gasteiger partial charge in [0.1, 0.15) is 23.0 Å². The number of amides is 1. The molecule has 1 unspecified atom stereocenters. The van der Waals surface area contributed by atoms with Crippen molar-refractivity contribution in [3.63, 3.8) is 0 Å². The first kappa shape index (κ1) is 15.2. The third-order valence-corrected chi connectivity index (χ3v) is 3.92. The average molecular weight is 315 g/mol. The molecule has 1 amide bonds. The Kier molecular flexibility index (Phi) is 3.86. The number of para-hydroxylation sites is 1. The number of fused-ring (bicyclic) bond motifs is 1. The molecule has 118 valence electrons. The summed E-state index contributed by atoms with van der Waals surface area (Å²) in [4.78, 5) is 13.8. The van der Waals surface area contributed by atoms with Gasteiger partial charge >= 0.3 is 0 Å². The Labute approximate surface area is 132 Å². The van der Waals surface area contributed by atoms with Crippen molar-refractivity contribution in [2.45, 2.75) is 13.0 Å². The van der Waals surface area contributed by atoms with Gasteiger partial charge in [-0.1, -0.05) is 18.2 Å². The van der Waals surface area contributed by atoms with E-state index in [1.807, 2.05) is 30.3 Å². The molecule has 0 radical (unpaired) electrons. The van der Waals surface area contributed by atoms with E-state index in [-0.39, 0.29) is 11.6 Å². The molecule has 0 N–H and O–H groups in total. The zero-order valence-corrected chi connectivity index (χ0v) is 12.7. The van der Waals surface area contributed by atoms with Crippen molar-refractivity contribution in [1.82, 2.24) is 4.90 Å². The van der Waals surface area contributed by atoms with E-state index >= 15 is 0 Å². The molecule has 0 aliphatic carbocycles. The molecule has 2 aromatic carbocycles. The molecule has 0 saturated carbocycles. The molecule has 3 aromatic rings. The fourth-order valence-electron chi connectivity index (χ4n) is 2.43. The van der Waals surface area contributed by atoms with Gasteiger partial charge < -0.3 is 9.32 Å². The molecule has 0 saturated heterocycles. The van der Waals surface area contributed by atoms with E-state index in [1.165, 1.54) is 4.90 Å². The highest BCUT2D eigenvalue weighted by Gasteiger charge is 2.24. The van der Waals surface area contributed by atoms with Gasteiger partial charge in [-0.05, 0) is 31.2 Å². The minimum atomic E-state index is -0.876. The summed E-state index contributed by atoms with van der Waals surface area (Å²) in [6.45, 7) is 1.79. The average Bonchev–Trinajstić information content (AvgIpc) is 2.97. The van der Waals surface area contributed by atoms with Crippen LogP contribution in [0, 0.1) is 11.6 Å². The maximum atomic E-state index is 13.8. The van der Waals surface area contributed by atoms with Crippen LogP contribution < -0.4 is 0 Å². The highest BCUT2D eigenvalue weighted by molar-refractivity contribution is 5.94. The summed E-state index contributed by atoms with van der Waals surface area (Å²) in [5.41, 5.74) is 0.556. The molecule has 1 aromatic heterocycles. The molecule has 23 heavy (non-hydrogen) atoms. The Morgan fingerprint density at radius 2 is 1.87 bits per heavy atom. The quantitative estimate of drug-likeness (QED) is 0.711. The first-order valence-electron chi connectivity index (χ1n) is 7.18. The SMILES string of the molecule is CC(c1cc2ccccc2o1)N(C)C(=O)c1ccc(F)cc1F. The topological polar surface area (TPSA) is 33.5 Å². The fraction of sp³-hybridized carbons (Fsp3) is 0.167. The summed E-state index contributed by atoms with van der Waals surface area (Å²) in [6, 6.07) is 11.9. The van der Waals surface area contributed by atoms with Gasteiger partial charge in [0.2, 0.25) is 0 Å². The van der Waals surface area contributed by atoms with Crippen LogP contribution in [0.25, 0.3) is 11.0 Å². The van der Waals surface area contributed by atoms with Crippen LogP contribution in [0.5, 0.6) is 0 Å². The van der Waals surface area contributed by atoms with Gasteiger partial charge in [-0.2, -0.15) is 0 Å². The molecule has 1 atom stereocenters. The predicted molar refractivity (Wildman–Crippen MR) is 83.1 cm³/mol. The van der Waals surface area contributed by atoms with Gasteiger partial charge in [0.05, 0.1) is 11.6 Å². The Hall–Kier alpha value is -2.69. The van der Waals surface area contributed by atoms with Crippen molar-refractivity contribution >= 4 is 16.9 Å². The summed E-state index contributed by atoms with van der Waals surface area (Å²) in [5, 5.41) is 0.933. The molecule has 1 heterocycles. The number of hydrogen-bond donors (Lipinski definition) is 0. The molecule has 0 spiro atoms. The molecule has 0 fully saturated rings. The molecule has 0 aliphatic heterocycles. The van der Waals surface area contributed by atoms with Crippen LogP contribution >= 0.6 is 0 Å². The number of halogens is 2. The molecule has 0 aliphatic rings. The van der Waals surface area contributed by atoms with Crippen molar-refractivity contribution in [2.24, 2.45) is 0 Å². The third-order valence-electron chi connectivity index (χ3n) is 3.92. The van der Waals surface area contributed by atoms with Crippen molar-refractivity contribution < 1.29 is 18.0 Å². The molecule has 3 nitrogen and oxygen atoms in total. The Bertz CT molecular complexity index is 839. The van der Waals surface area contributed by atoms with Gasteiger partial charge in [-0.25, -0.2) is 8.78 Å². The summed E-state index contributed by atoms with van der Waals surface area (Å²) in [6.07, 6.45) is 0. The largest absolute Gasteiger partial charge is 0.459 e. The van der Waals surface area contributed by atoms with E-state index in [2.05, 4.69) is 0 Å². The maximum absolute atomic E-state index is 13.8. The van der Waals surface area contributed by atoms with Crippen molar-refractivity contribution in [3.8, 4) is 0 Å². The van der Waals surface area contributed by atoms with Crippen LogP contribution in [-0.2, 0) is 0 Å². The molecule has 5 heteroatoms. The van der Waals surface area contributed by atoms with Crippen molar-refractivity contribution in [1.29, 1.82) is 0 Å². The van der Waals surface area contributed by atoms with Crippen LogP contribution in [0.4, 0.5) is 8.78 Å². The van der Waals surface area contributed by atoms with Crippen LogP contribution in [-0.4, -0.2) is 17.9 Å². The second-order valence-electron chi connectivity index (χ2n) is 5.40. The molecular weight excluding hydrogens is 300 g/mol. The summed E-state index contributed by atoms with van der Waals surface area (Å²) in [5.74, 6) is -1.52. The lowest BCUT2D eigenvalue weighted by atomic mass is 10.1. The van der Waals surface area contributed by atoms with E-state index in [4.69, 9.17) is 4.42 Å². The van der Waals surface area contributed by atoms with Crippen LogP contribution in [0.3, 0.4) is 0 Å². The second kappa shape index (κ2) is 5.83. The maximum Gasteiger partial charge on any atom is 0.257 e. The van der Waals surface area contributed by atoms with Crippen molar-refractivity contribution in [2.75, 3.05) is 7.05 Å². The smallest absolute Gasteiger partial charge is 0.257 e. The molecule has 3 rings (SSSR count). The minimum absolute atomic E-state index is 0.170. The van der Waals surface area contributed by atoms with E-state index < -0.39 is 17.5 Å². The zero-order chi connectivity index (χ0) is 16.6. The summed E-state index contributed by atoms with van der Waals surface area (Å²) in [7, 11) is 1.56. The monoisotopic (exact) mass is 315 g/mol. The van der Waals surface area contributed by atoms with Crippen LogP contribution in [0.15, 0.2) is 52.9 Å². The second-order valence-corrected chi connectivity index (χ2v) is 5.40. The highest BCUT2D eigenvalue weighted by atomic mass is 19.1. The number of carbonyl (C=O) groups excluding carboxylic acids is 1. The Morgan fingerprint density at radius 3 is 2.57 bits per heavy atom. The summed E-state index contributed by atoms with van der Waals surface area (Å²) < 4.78 is 32.5. The number of benzene rings is 2. The van der Waals surface area contributed by atoms with Crippen LogP contribution in [0.2, 0.25) is 0 Å². The van der Waals surface area contributed by atoms with E-state index in [1.54, 1.807) is 14.0 Å². The normalized spacial score (nSPS) is 12.3. The standard InChI is InChI=1S/C18H15F2NO2/c1-11(17-9-12-5-3-4-6-16(12)23-17)21(2)18(22)14-8-7-13(19)10-15(14)20/h3-11H,1-2H3. The van der Waals surface area contributed by atoms with Gasteiger partial charge in [0, 0.05) is 18.5 Å². The predicted octanol–water partition coefficient (Wildman–Crippen LogP) is 4.54. The minimum Gasteiger partial charge on any atom is -0.459 e. The Balaban J connectivity index is 1.89. The highest BCUT2D eigenvalue weighted by Crippen LogP contribution is 2.27. The third kappa shape index (κ3) is 2.82. The number of hydrogen-bond acceptors (Lipinski definition) is 2. The fourth-order valence-corrected chi connectivity index (χ4v) is 2.43. The van der Waals surface area contributed by atoms with Crippen molar-refractivity contribution in [3.05, 3.63) is 71.5 Å². The van der Waals surface area contributed by atoms with Gasteiger partial charge in [-0.15, -0.1) is 0 Å². The lowest BCUT2D eigenvalue weighted by Gasteiger charge is -2.23. The molecular formula is C18H15F2NO2. The Morgan fingerprint density at radius 1 is 1.13 bits per heavy atom. The number of nitrogens with zero attached hydrogens (tertiary/aromatic N) is 1. The number of furan rings is 1. The lowest BCUT2D eigenvalue weighted by Crippen LogP contribution is -2.30. The molecule has 0 bridgehead atoms. The first-order chi connectivity index (χ1) is 11.0. The first-order valence-corrected chi connectivity index (χ1v) is 7.18. The van der Waals surface area contributed by atoms with E-state index in [0.29, 0.717) is 11.8 Å². The van der Waals surface area contributed by atoms with E-state index in [9.17, 15) is 13.6 Å². The van der Waals surface area contributed by atoms with Gasteiger partial charge in [0.15, 0.2) is 0 Å². The zero-order valence-electron chi connectivity index (χ0n) is 12.7. The summed E-state index contributed by atoms with van der Waals surface area (Å²) >= 11 is 0. The van der Waals surface area contributed by atoms with Gasteiger partial charge in [0.25, 0.3) is 5.91 Å². The van der Waals surface area contributed by atoms with E-state index in [0.717, 1.165) is 23.1 Å². The van der Waals surface area contributed by atoms with Crippen LogP contribution in [0.1, 0.15) is 29.1 Å². The number of carbonyl (C=O) groups is 1.